The Labute approximate surface area is 187 Å². The standard InChI is InChI=1S/C24H17N5O4/c30-24(32-16-22-25-15-21(33-22)17-8-3-1-4-9-17)20(14-19-12-7-13-31-19)29-23(26-27-28-29)18-10-5-2-6-11-18/h1-15H,16H2. The van der Waals surface area contributed by atoms with Crippen LogP contribution >= 0.6 is 0 Å². The van der Waals surface area contributed by atoms with E-state index in [1.54, 1.807) is 18.3 Å². The van der Waals surface area contributed by atoms with E-state index in [4.69, 9.17) is 13.6 Å². The summed E-state index contributed by atoms with van der Waals surface area (Å²) in [7, 11) is 0. The van der Waals surface area contributed by atoms with E-state index in [2.05, 4.69) is 20.5 Å². The average molecular weight is 439 g/mol. The first kappa shape index (κ1) is 20.1. The van der Waals surface area contributed by atoms with Gasteiger partial charge < -0.3 is 13.6 Å². The van der Waals surface area contributed by atoms with Gasteiger partial charge in [0, 0.05) is 17.2 Å². The van der Waals surface area contributed by atoms with Crippen molar-refractivity contribution < 1.29 is 18.4 Å². The summed E-state index contributed by atoms with van der Waals surface area (Å²) in [5, 5.41) is 11.8. The second-order valence-corrected chi connectivity index (χ2v) is 6.89. The molecule has 0 N–H and O–H groups in total. The van der Waals surface area contributed by atoms with Crippen molar-refractivity contribution in [1.29, 1.82) is 0 Å². The molecule has 0 atom stereocenters. The Hall–Kier alpha value is -4.79. The lowest BCUT2D eigenvalue weighted by molar-refractivity contribution is -0.138. The van der Waals surface area contributed by atoms with Crippen LogP contribution in [-0.4, -0.2) is 31.2 Å². The number of carbonyl (C=O) groups is 1. The van der Waals surface area contributed by atoms with Crippen LogP contribution in [0.1, 0.15) is 11.7 Å². The summed E-state index contributed by atoms with van der Waals surface area (Å²) in [6.07, 6.45) is 4.60. The highest BCUT2D eigenvalue weighted by atomic mass is 16.5. The van der Waals surface area contributed by atoms with Crippen molar-refractivity contribution in [2.45, 2.75) is 6.61 Å². The predicted molar refractivity (Wildman–Crippen MR) is 118 cm³/mol. The molecule has 0 radical (unpaired) electrons. The summed E-state index contributed by atoms with van der Waals surface area (Å²) >= 11 is 0. The van der Waals surface area contributed by atoms with Gasteiger partial charge in [-0.1, -0.05) is 60.7 Å². The predicted octanol–water partition coefficient (Wildman–Crippen LogP) is 4.33. The Morgan fingerprint density at radius 1 is 0.970 bits per heavy atom. The molecule has 2 aromatic carbocycles. The minimum atomic E-state index is -0.671. The molecule has 5 rings (SSSR count). The van der Waals surface area contributed by atoms with Crippen LogP contribution in [0.5, 0.6) is 0 Å². The zero-order valence-corrected chi connectivity index (χ0v) is 17.2. The fourth-order valence-electron chi connectivity index (χ4n) is 3.15. The molecule has 0 amide bonds. The molecule has 9 heteroatoms. The molecule has 0 bridgehead atoms. The highest BCUT2D eigenvalue weighted by molar-refractivity contribution is 6.15. The number of rotatable bonds is 7. The number of tetrazole rings is 1. The van der Waals surface area contributed by atoms with Crippen LogP contribution in [0.2, 0.25) is 0 Å². The van der Waals surface area contributed by atoms with Crippen molar-refractivity contribution in [1.82, 2.24) is 25.2 Å². The van der Waals surface area contributed by atoms with E-state index in [-0.39, 0.29) is 18.2 Å². The lowest BCUT2D eigenvalue weighted by atomic mass is 10.2. The van der Waals surface area contributed by atoms with E-state index >= 15 is 0 Å². The van der Waals surface area contributed by atoms with Gasteiger partial charge in [0.2, 0.25) is 5.89 Å². The van der Waals surface area contributed by atoms with E-state index in [0.717, 1.165) is 11.1 Å². The SMILES string of the molecule is O=C(OCc1ncc(-c2ccccc2)o1)C(=Cc1ccco1)n1nnnc1-c1ccccc1. The Balaban J connectivity index is 1.40. The van der Waals surface area contributed by atoms with E-state index in [9.17, 15) is 4.79 Å². The first-order valence-corrected chi connectivity index (χ1v) is 10.0. The maximum Gasteiger partial charge on any atom is 0.357 e. The summed E-state index contributed by atoms with van der Waals surface area (Å²) in [5.41, 5.74) is 1.69. The Bertz CT molecular complexity index is 1370. The molecule has 3 aromatic heterocycles. The van der Waals surface area contributed by atoms with Crippen LogP contribution in [0.15, 0.2) is 94.1 Å². The van der Waals surface area contributed by atoms with Gasteiger partial charge in [0.15, 0.2) is 23.9 Å². The third-order valence-corrected chi connectivity index (χ3v) is 4.70. The monoisotopic (exact) mass is 439 g/mol. The molecule has 162 valence electrons. The van der Waals surface area contributed by atoms with Gasteiger partial charge in [-0.2, -0.15) is 4.68 Å². The zero-order valence-electron chi connectivity index (χ0n) is 17.2. The number of esters is 1. The van der Waals surface area contributed by atoms with Crippen LogP contribution in [0.4, 0.5) is 0 Å². The van der Waals surface area contributed by atoms with E-state index in [0.29, 0.717) is 17.3 Å². The average Bonchev–Trinajstić information content (AvgIpc) is 3.64. The van der Waals surface area contributed by atoms with Gasteiger partial charge in [0.25, 0.3) is 0 Å². The molecular formula is C24H17N5O4. The van der Waals surface area contributed by atoms with E-state index < -0.39 is 5.97 Å². The molecule has 0 fully saturated rings. The van der Waals surface area contributed by atoms with Crippen molar-refractivity contribution in [2.24, 2.45) is 0 Å². The first-order valence-electron chi connectivity index (χ1n) is 10.0. The number of furan rings is 1. The number of hydrogen-bond donors (Lipinski definition) is 0. The normalized spacial score (nSPS) is 11.5. The Kier molecular flexibility index (Phi) is 5.58. The maximum atomic E-state index is 13.1. The van der Waals surface area contributed by atoms with Crippen molar-refractivity contribution in [3.8, 4) is 22.7 Å². The molecule has 0 aliphatic rings. The van der Waals surface area contributed by atoms with Gasteiger partial charge >= 0.3 is 5.97 Å². The summed E-state index contributed by atoms with van der Waals surface area (Å²) in [5.74, 6) is 1.00. The number of carbonyl (C=O) groups excluding carboxylic acids is 1. The lowest BCUT2D eigenvalue weighted by Gasteiger charge is -2.09. The maximum absolute atomic E-state index is 13.1. The van der Waals surface area contributed by atoms with Crippen LogP contribution in [-0.2, 0) is 16.1 Å². The van der Waals surface area contributed by atoms with Crippen LogP contribution < -0.4 is 0 Å². The summed E-state index contributed by atoms with van der Waals surface area (Å²) in [4.78, 5) is 17.3. The molecule has 5 aromatic rings. The van der Waals surface area contributed by atoms with Gasteiger partial charge in [-0.05, 0) is 22.6 Å². The Morgan fingerprint density at radius 3 is 2.45 bits per heavy atom. The van der Waals surface area contributed by atoms with Crippen molar-refractivity contribution in [3.63, 3.8) is 0 Å². The summed E-state index contributed by atoms with van der Waals surface area (Å²) in [6.45, 7) is -0.163. The quantitative estimate of drug-likeness (QED) is 0.272. The third kappa shape index (κ3) is 4.47. The molecule has 0 unspecified atom stereocenters. The fourth-order valence-corrected chi connectivity index (χ4v) is 3.15. The number of ether oxygens (including phenoxy) is 1. The number of aromatic nitrogens is 5. The van der Waals surface area contributed by atoms with Crippen molar-refractivity contribution in [2.75, 3.05) is 0 Å². The number of benzene rings is 2. The van der Waals surface area contributed by atoms with Gasteiger partial charge in [-0.3, -0.25) is 0 Å². The second-order valence-electron chi connectivity index (χ2n) is 6.89. The summed E-state index contributed by atoms with van der Waals surface area (Å²) in [6, 6.07) is 22.2. The van der Waals surface area contributed by atoms with E-state index in [1.807, 2.05) is 60.7 Å². The zero-order chi connectivity index (χ0) is 22.5. The molecule has 9 nitrogen and oxygen atoms in total. The van der Waals surface area contributed by atoms with Crippen LogP contribution in [0.25, 0.3) is 34.5 Å². The van der Waals surface area contributed by atoms with Gasteiger partial charge in [-0.25, -0.2) is 9.78 Å². The minimum absolute atomic E-state index is 0.0728. The highest BCUT2D eigenvalue weighted by Gasteiger charge is 2.22. The second kappa shape index (κ2) is 9.15. The molecule has 0 saturated heterocycles. The first-order chi connectivity index (χ1) is 16.3. The molecule has 33 heavy (non-hydrogen) atoms. The van der Waals surface area contributed by atoms with Crippen molar-refractivity contribution in [3.05, 3.63) is 96.9 Å². The number of oxazole rings is 1. The summed E-state index contributed by atoms with van der Waals surface area (Å²) < 4.78 is 17.9. The molecule has 0 saturated carbocycles. The molecular weight excluding hydrogens is 422 g/mol. The number of hydrogen-bond acceptors (Lipinski definition) is 8. The van der Waals surface area contributed by atoms with Gasteiger partial charge in [0.1, 0.15) is 5.76 Å². The fraction of sp³-hybridized carbons (Fsp3) is 0.0417. The molecule has 3 heterocycles. The largest absolute Gasteiger partial charge is 0.465 e. The molecule has 0 aliphatic carbocycles. The van der Waals surface area contributed by atoms with Crippen molar-refractivity contribution >= 4 is 17.7 Å². The smallest absolute Gasteiger partial charge is 0.357 e. The third-order valence-electron chi connectivity index (χ3n) is 4.70. The number of nitrogens with zero attached hydrogens (tertiary/aromatic N) is 5. The lowest BCUT2D eigenvalue weighted by Crippen LogP contribution is -2.15. The van der Waals surface area contributed by atoms with Crippen LogP contribution in [0.3, 0.4) is 0 Å². The minimum Gasteiger partial charge on any atom is -0.465 e. The molecule has 0 spiro atoms. The van der Waals surface area contributed by atoms with Gasteiger partial charge in [-0.15, -0.1) is 5.10 Å². The topological polar surface area (TPSA) is 109 Å². The molecule has 0 aliphatic heterocycles. The van der Waals surface area contributed by atoms with E-state index in [1.165, 1.54) is 17.0 Å². The van der Waals surface area contributed by atoms with Crippen LogP contribution in [0, 0.1) is 0 Å². The highest BCUT2D eigenvalue weighted by Crippen LogP contribution is 2.23. The van der Waals surface area contributed by atoms with Gasteiger partial charge in [0.05, 0.1) is 12.5 Å². The Morgan fingerprint density at radius 2 is 1.73 bits per heavy atom.